The van der Waals surface area contributed by atoms with E-state index in [-0.39, 0.29) is 0 Å². The monoisotopic (exact) mass is 275 g/mol. The van der Waals surface area contributed by atoms with Crippen LogP contribution in [0.15, 0.2) is 18.3 Å². The standard InChI is InChI=1S/C13H17N5O2/c1-4-10-15-8(2)7-18(10)12-9(16-13(14)19)5-6-11(17-12)20-3/h5-7H,4H2,1-3H3,(H3,14,16,19). The lowest BCUT2D eigenvalue weighted by molar-refractivity contribution is 0.259. The van der Waals surface area contributed by atoms with Gasteiger partial charge in [-0.25, -0.2) is 9.78 Å². The number of nitrogens with one attached hydrogen (secondary N) is 1. The number of pyridine rings is 1. The smallest absolute Gasteiger partial charge is 0.316 e. The molecule has 0 atom stereocenters. The van der Waals surface area contributed by atoms with Crippen LogP contribution in [0.5, 0.6) is 5.88 Å². The molecule has 2 amide bonds. The van der Waals surface area contributed by atoms with Crippen molar-refractivity contribution in [2.24, 2.45) is 5.73 Å². The summed E-state index contributed by atoms with van der Waals surface area (Å²) in [4.78, 5) is 19.9. The number of hydrogen-bond acceptors (Lipinski definition) is 4. The number of aryl methyl sites for hydroxylation is 2. The molecule has 0 aliphatic rings. The van der Waals surface area contributed by atoms with E-state index in [4.69, 9.17) is 10.5 Å². The first kappa shape index (κ1) is 13.9. The Hall–Kier alpha value is -2.57. The number of nitrogens with zero attached hydrogens (tertiary/aromatic N) is 3. The number of carbonyl (C=O) groups is 1. The number of amides is 2. The van der Waals surface area contributed by atoms with Gasteiger partial charge in [-0.05, 0) is 13.0 Å². The van der Waals surface area contributed by atoms with Gasteiger partial charge in [-0.15, -0.1) is 0 Å². The van der Waals surface area contributed by atoms with E-state index in [9.17, 15) is 4.79 Å². The number of anilines is 1. The van der Waals surface area contributed by atoms with Crippen molar-refractivity contribution in [1.29, 1.82) is 0 Å². The summed E-state index contributed by atoms with van der Waals surface area (Å²) in [6.07, 6.45) is 2.59. The molecule has 7 nitrogen and oxygen atoms in total. The molecule has 2 aromatic rings. The maximum atomic E-state index is 11.1. The zero-order chi connectivity index (χ0) is 14.7. The zero-order valence-electron chi connectivity index (χ0n) is 11.7. The van der Waals surface area contributed by atoms with Crippen LogP contribution in [0.25, 0.3) is 5.82 Å². The highest BCUT2D eigenvalue weighted by molar-refractivity contribution is 5.89. The highest BCUT2D eigenvalue weighted by Gasteiger charge is 2.14. The van der Waals surface area contributed by atoms with E-state index in [1.54, 1.807) is 12.1 Å². The predicted octanol–water partition coefficient (Wildman–Crippen LogP) is 1.64. The summed E-state index contributed by atoms with van der Waals surface area (Å²) in [6.45, 7) is 3.90. The van der Waals surface area contributed by atoms with Gasteiger partial charge in [-0.3, -0.25) is 4.57 Å². The minimum absolute atomic E-state index is 0.448. The molecule has 0 radical (unpaired) electrons. The maximum Gasteiger partial charge on any atom is 0.316 e. The molecular formula is C13H17N5O2. The molecule has 0 spiro atoms. The van der Waals surface area contributed by atoms with Crippen molar-refractivity contribution in [3.05, 3.63) is 29.8 Å². The average molecular weight is 275 g/mol. The topological polar surface area (TPSA) is 95.1 Å². The first-order valence-electron chi connectivity index (χ1n) is 6.22. The molecule has 2 heterocycles. The van der Waals surface area contributed by atoms with E-state index in [1.165, 1.54) is 7.11 Å². The maximum absolute atomic E-state index is 11.1. The van der Waals surface area contributed by atoms with Crippen LogP contribution >= 0.6 is 0 Å². The normalized spacial score (nSPS) is 10.3. The molecule has 3 N–H and O–H groups in total. The molecule has 0 aliphatic heterocycles. The quantitative estimate of drug-likeness (QED) is 0.886. The van der Waals surface area contributed by atoms with Crippen LogP contribution in [-0.4, -0.2) is 27.7 Å². The van der Waals surface area contributed by atoms with E-state index in [1.807, 2.05) is 24.6 Å². The van der Waals surface area contributed by atoms with Gasteiger partial charge in [0.05, 0.1) is 18.5 Å². The minimum atomic E-state index is -0.645. The van der Waals surface area contributed by atoms with Crippen LogP contribution in [0.1, 0.15) is 18.4 Å². The average Bonchev–Trinajstić information content (AvgIpc) is 2.79. The van der Waals surface area contributed by atoms with E-state index in [2.05, 4.69) is 15.3 Å². The molecule has 0 unspecified atom stereocenters. The largest absolute Gasteiger partial charge is 0.481 e. The van der Waals surface area contributed by atoms with Crippen molar-refractivity contribution >= 4 is 11.7 Å². The van der Waals surface area contributed by atoms with Crippen LogP contribution in [0.2, 0.25) is 0 Å². The molecule has 0 saturated carbocycles. The van der Waals surface area contributed by atoms with Crippen LogP contribution in [0.3, 0.4) is 0 Å². The first-order chi connectivity index (χ1) is 9.55. The van der Waals surface area contributed by atoms with Crippen LogP contribution in [0, 0.1) is 6.92 Å². The van der Waals surface area contributed by atoms with E-state index in [0.717, 1.165) is 17.9 Å². The Balaban J connectivity index is 2.59. The highest BCUT2D eigenvalue weighted by Crippen LogP contribution is 2.23. The van der Waals surface area contributed by atoms with Crippen molar-refractivity contribution in [2.45, 2.75) is 20.3 Å². The molecule has 2 rings (SSSR count). The molecule has 0 fully saturated rings. The fraction of sp³-hybridized carbons (Fsp3) is 0.308. The second-order valence-electron chi connectivity index (χ2n) is 4.24. The number of ether oxygens (including phenoxy) is 1. The second-order valence-corrected chi connectivity index (χ2v) is 4.24. The van der Waals surface area contributed by atoms with Gasteiger partial charge in [-0.2, -0.15) is 4.98 Å². The number of primary amides is 1. The summed E-state index contributed by atoms with van der Waals surface area (Å²) in [7, 11) is 1.53. The Morgan fingerprint density at radius 2 is 2.20 bits per heavy atom. The Morgan fingerprint density at radius 3 is 2.80 bits per heavy atom. The SMILES string of the molecule is CCc1nc(C)cn1-c1nc(OC)ccc1NC(N)=O. The lowest BCUT2D eigenvalue weighted by Gasteiger charge is -2.12. The van der Waals surface area contributed by atoms with Crippen LogP contribution < -0.4 is 15.8 Å². The van der Waals surface area contributed by atoms with Gasteiger partial charge in [0, 0.05) is 18.7 Å². The van der Waals surface area contributed by atoms with Gasteiger partial charge in [0.25, 0.3) is 0 Å². The van der Waals surface area contributed by atoms with E-state index >= 15 is 0 Å². The third-order valence-electron chi connectivity index (χ3n) is 2.76. The first-order valence-corrected chi connectivity index (χ1v) is 6.22. The lowest BCUT2D eigenvalue weighted by atomic mass is 10.3. The van der Waals surface area contributed by atoms with Gasteiger partial charge in [0.15, 0.2) is 5.82 Å². The zero-order valence-corrected chi connectivity index (χ0v) is 11.7. The Kier molecular flexibility index (Phi) is 3.88. The molecule has 0 aromatic carbocycles. The number of nitrogens with two attached hydrogens (primary N) is 1. The van der Waals surface area contributed by atoms with E-state index < -0.39 is 6.03 Å². The number of urea groups is 1. The number of rotatable bonds is 4. The number of aromatic nitrogens is 3. The minimum Gasteiger partial charge on any atom is -0.481 e. The van der Waals surface area contributed by atoms with Gasteiger partial charge in [0.1, 0.15) is 5.82 Å². The van der Waals surface area contributed by atoms with Crippen molar-refractivity contribution in [3.8, 4) is 11.7 Å². The molecule has 0 bridgehead atoms. The summed E-state index contributed by atoms with van der Waals surface area (Å²) in [5.74, 6) is 1.82. The lowest BCUT2D eigenvalue weighted by Crippen LogP contribution is -2.21. The highest BCUT2D eigenvalue weighted by atomic mass is 16.5. The van der Waals surface area contributed by atoms with Crippen molar-refractivity contribution in [3.63, 3.8) is 0 Å². The van der Waals surface area contributed by atoms with Crippen LogP contribution in [0.4, 0.5) is 10.5 Å². The van der Waals surface area contributed by atoms with Crippen molar-refractivity contribution in [2.75, 3.05) is 12.4 Å². The van der Waals surface area contributed by atoms with Gasteiger partial charge < -0.3 is 15.8 Å². The van der Waals surface area contributed by atoms with Gasteiger partial charge in [0.2, 0.25) is 5.88 Å². The summed E-state index contributed by atoms with van der Waals surface area (Å²) < 4.78 is 6.95. The molecular weight excluding hydrogens is 258 g/mol. The van der Waals surface area contributed by atoms with Crippen molar-refractivity contribution < 1.29 is 9.53 Å². The fourth-order valence-corrected chi connectivity index (χ4v) is 1.94. The number of carbonyl (C=O) groups excluding carboxylic acids is 1. The molecule has 106 valence electrons. The van der Waals surface area contributed by atoms with Crippen molar-refractivity contribution in [1.82, 2.24) is 14.5 Å². The predicted molar refractivity (Wildman–Crippen MR) is 75.2 cm³/mol. The van der Waals surface area contributed by atoms with Gasteiger partial charge in [-0.1, -0.05) is 6.92 Å². The molecule has 0 aliphatic carbocycles. The summed E-state index contributed by atoms with van der Waals surface area (Å²) in [5, 5.41) is 2.56. The fourth-order valence-electron chi connectivity index (χ4n) is 1.94. The summed E-state index contributed by atoms with van der Waals surface area (Å²) >= 11 is 0. The summed E-state index contributed by atoms with van der Waals surface area (Å²) in [6, 6.07) is 2.71. The third kappa shape index (κ3) is 2.71. The Bertz CT molecular complexity index is 636. The van der Waals surface area contributed by atoms with Gasteiger partial charge >= 0.3 is 6.03 Å². The molecule has 20 heavy (non-hydrogen) atoms. The molecule has 0 saturated heterocycles. The third-order valence-corrected chi connectivity index (χ3v) is 2.76. The molecule has 2 aromatic heterocycles. The number of imidazole rings is 1. The number of hydrogen-bond donors (Lipinski definition) is 2. The summed E-state index contributed by atoms with van der Waals surface area (Å²) in [5.41, 5.74) is 6.56. The molecule has 7 heteroatoms. The van der Waals surface area contributed by atoms with E-state index in [0.29, 0.717) is 17.4 Å². The Morgan fingerprint density at radius 1 is 1.45 bits per heavy atom. The number of methoxy groups -OCH3 is 1. The Labute approximate surface area is 116 Å². The second kappa shape index (κ2) is 5.60. The van der Waals surface area contributed by atoms with Crippen LogP contribution in [-0.2, 0) is 6.42 Å².